The van der Waals surface area contributed by atoms with E-state index in [-0.39, 0.29) is 24.0 Å². The van der Waals surface area contributed by atoms with Crippen LogP contribution in [-0.4, -0.2) is 79.6 Å². The first-order chi connectivity index (χ1) is 12.6. The smallest absolute Gasteiger partial charge is 0.193 e. The number of benzene rings is 1. The number of hydrogen-bond donors (Lipinski definition) is 1. The van der Waals surface area contributed by atoms with E-state index in [1.807, 2.05) is 7.05 Å². The molecule has 1 saturated heterocycles. The molecule has 5 nitrogen and oxygen atoms in total. The van der Waals surface area contributed by atoms with Gasteiger partial charge in [0.25, 0.3) is 0 Å². The molecule has 0 spiro atoms. The molecule has 6 heteroatoms. The fourth-order valence-corrected chi connectivity index (χ4v) is 3.73. The van der Waals surface area contributed by atoms with Crippen LogP contribution in [0.1, 0.15) is 32.8 Å². The third-order valence-corrected chi connectivity index (χ3v) is 5.59. The van der Waals surface area contributed by atoms with Gasteiger partial charge in [-0.1, -0.05) is 44.2 Å². The van der Waals surface area contributed by atoms with Gasteiger partial charge < -0.3 is 10.2 Å². The maximum Gasteiger partial charge on any atom is 0.193 e. The lowest BCUT2D eigenvalue weighted by molar-refractivity contribution is 0.222. The van der Waals surface area contributed by atoms with Crippen molar-refractivity contribution in [3.63, 3.8) is 0 Å². The molecule has 27 heavy (non-hydrogen) atoms. The van der Waals surface area contributed by atoms with Crippen molar-refractivity contribution in [3.8, 4) is 0 Å². The average molecular weight is 487 g/mol. The third kappa shape index (κ3) is 7.23. The van der Waals surface area contributed by atoms with Crippen molar-refractivity contribution >= 4 is 29.9 Å². The summed E-state index contributed by atoms with van der Waals surface area (Å²) in [5, 5.41) is 3.59. The van der Waals surface area contributed by atoms with E-state index < -0.39 is 0 Å². The minimum atomic E-state index is 0. The van der Waals surface area contributed by atoms with Crippen LogP contribution in [0.4, 0.5) is 0 Å². The summed E-state index contributed by atoms with van der Waals surface area (Å²) in [6.45, 7) is 13.1. The Bertz CT molecular complexity index is 547. The number of nitrogens with one attached hydrogen (secondary N) is 1. The van der Waals surface area contributed by atoms with E-state index in [1.54, 1.807) is 0 Å². The Morgan fingerprint density at radius 1 is 1.26 bits per heavy atom. The number of halogens is 1. The van der Waals surface area contributed by atoms with E-state index in [0.717, 1.165) is 45.2 Å². The first-order valence-corrected chi connectivity index (χ1v) is 10.0. The molecule has 1 aliphatic heterocycles. The van der Waals surface area contributed by atoms with Crippen LogP contribution in [0.3, 0.4) is 0 Å². The Morgan fingerprint density at radius 3 is 2.52 bits per heavy atom. The topological polar surface area (TPSA) is 34.1 Å². The predicted octanol–water partition coefficient (Wildman–Crippen LogP) is 3.12. The second kappa shape index (κ2) is 12.6. The SMILES string of the molecule is CCN(CC)C1CCN(C(=NC)NCC(C)N(C)Cc2ccccc2)C1.I. The van der Waals surface area contributed by atoms with E-state index in [9.17, 15) is 0 Å². The van der Waals surface area contributed by atoms with Gasteiger partial charge in [0, 0.05) is 45.3 Å². The highest BCUT2D eigenvalue weighted by Crippen LogP contribution is 2.15. The van der Waals surface area contributed by atoms with Crippen molar-refractivity contribution in [2.75, 3.05) is 46.8 Å². The lowest BCUT2D eigenvalue weighted by Gasteiger charge is -2.29. The van der Waals surface area contributed by atoms with Crippen LogP contribution in [0.5, 0.6) is 0 Å². The van der Waals surface area contributed by atoms with Crippen molar-refractivity contribution in [3.05, 3.63) is 35.9 Å². The summed E-state index contributed by atoms with van der Waals surface area (Å²) in [7, 11) is 4.08. The Kier molecular flexibility index (Phi) is 11.3. The molecule has 0 bridgehead atoms. The molecule has 1 N–H and O–H groups in total. The minimum Gasteiger partial charge on any atom is -0.355 e. The molecule has 0 saturated carbocycles. The summed E-state index contributed by atoms with van der Waals surface area (Å²) in [4.78, 5) is 11.9. The maximum atomic E-state index is 4.53. The molecule has 2 rings (SSSR count). The number of guanidine groups is 1. The number of nitrogens with zero attached hydrogens (tertiary/aromatic N) is 4. The Morgan fingerprint density at radius 2 is 1.93 bits per heavy atom. The molecule has 0 aromatic heterocycles. The average Bonchev–Trinajstić information content (AvgIpc) is 3.13. The van der Waals surface area contributed by atoms with Gasteiger partial charge in [0.15, 0.2) is 5.96 Å². The summed E-state index contributed by atoms with van der Waals surface area (Å²) in [6, 6.07) is 11.7. The minimum absolute atomic E-state index is 0. The molecule has 0 radical (unpaired) electrons. The van der Waals surface area contributed by atoms with Gasteiger partial charge in [-0.25, -0.2) is 0 Å². The molecule has 1 heterocycles. The molecule has 154 valence electrons. The number of hydrogen-bond acceptors (Lipinski definition) is 3. The van der Waals surface area contributed by atoms with Crippen molar-refractivity contribution in [1.82, 2.24) is 20.0 Å². The number of likely N-dealkylation sites (tertiary alicyclic amines) is 1. The first-order valence-electron chi connectivity index (χ1n) is 10.0. The Hall–Kier alpha value is -0.860. The fraction of sp³-hybridized carbons (Fsp3) is 0.667. The van der Waals surface area contributed by atoms with E-state index in [2.05, 4.69) is 83.2 Å². The summed E-state index contributed by atoms with van der Waals surface area (Å²) >= 11 is 0. The summed E-state index contributed by atoms with van der Waals surface area (Å²) < 4.78 is 0. The first kappa shape index (κ1) is 24.2. The second-order valence-corrected chi connectivity index (χ2v) is 7.29. The van der Waals surface area contributed by atoms with Crippen LogP contribution in [0, 0.1) is 0 Å². The van der Waals surface area contributed by atoms with E-state index in [1.165, 1.54) is 12.0 Å². The van der Waals surface area contributed by atoms with Crippen molar-refractivity contribution in [1.29, 1.82) is 0 Å². The van der Waals surface area contributed by atoms with Crippen molar-refractivity contribution < 1.29 is 0 Å². The van der Waals surface area contributed by atoms with Gasteiger partial charge in [-0.3, -0.25) is 14.8 Å². The molecule has 1 fully saturated rings. The Balaban J connectivity index is 0.00000364. The predicted molar refractivity (Wildman–Crippen MR) is 127 cm³/mol. The zero-order valence-electron chi connectivity index (χ0n) is 17.7. The van der Waals surface area contributed by atoms with Gasteiger partial charge in [0.2, 0.25) is 0 Å². The maximum absolute atomic E-state index is 4.53. The third-order valence-electron chi connectivity index (χ3n) is 5.59. The molecular weight excluding hydrogens is 449 g/mol. The highest BCUT2D eigenvalue weighted by Gasteiger charge is 2.28. The lowest BCUT2D eigenvalue weighted by Crippen LogP contribution is -2.47. The van der Waals surface area contributed by atoms with Gasteiger partial charge in [-0.15, -0.1) is 24.0 Å². The molecule has 0 aliphatic carbocycles. The quantitative estimate of drug-likeness (QED) is 0.347. The highest BCUT2D eigenvalue weighted by molar-refractivity contribution is 14.0. The van der Waals surface area contributed by atoms with E-state index in [4.69, 9.17) is 0 Å². The molecule has 0 amide bonds. The van der Waals surface area contributed by atoms with Crippen LogP contribution in [0.25, 0.3) is 0 Å². The summed E-state index contributed by atoms with van der Waals surface area (Å²) in [5.74, 6) is 1.04. The largest absolute Gasteiger partial charge is 0.355 e. The van der Waals surface area contributed by atoms with Crippen molar-refractivity contribution in [2.24, 2.45) is 4.99 Å². The summed E-state index contributed by atoms with van der Waals surface area (Å²) in [5.41, 5.74) is 1.35. The van der Waals surface area contributed by atoms with E-state index in [0.29, 0.717) is 12.1 Å². The van der Waals surface area contributed by atoms with Crippen LogP contribution < -0.4 is 5.32 Å². The van der Waals surface area contributed by atoms with Crippen LogP contribution in [0.2, 0.25) is 0 Å². The van der Waals surface area contributed by atoms with Gasteiger partial charge >= 0.3 is 0 Å². The summed E-state index contributed by atoms with van der Waals surface area (Å²) in [6.07, 6.45) is 1.23. The number of likely N-dealkylation sites (N-methyl/N-ethyl adjacent to an activating group) is 2. The van der Waals surface area contributed by atoms with Crippen LogP contribution in [-0.2, 0) is 6.54 Å². The number of rotatable bonds is 8. The highest BCUT2D eigenvalue weighted by atomic mass is 127. The monoisotopic (exact) mass is 487 g/mol. The zero-order valence-corrected chi connectivity index (χ0v) is 20.0. The van der Waals surface area contributed by atoms with Gasteiger partial charge in [-0.05, 0) is 39.0 Å². The molecule has 2 unspecified atom stereocenters. The lowest BCUT2D eigenvalue weighted by atomic mass is 10.2. The van der Waals surface area contributed by atoms with Gasteiger partial charge in [0.05, 0.1) is 0 Å². The fourth-order valence-electron chi connectivity index (χ4n) is 3.73. The normalized spacial score (nSPS) is 18.7. The van der Waals surface area contributed by atoms with E-state index >= 15 is 0 Å². The Labute approximate surface area is 183 Å². The molecular formula is C21H38IN5. The van der Waals surface area contributed by atoms with Crippen LogP contribution in [0.15, 0.2) is 35.3 Å². The van der Waals surface area contributed by atoms with Crippen LogP contribution >= 0.6 is 24.0 Å². The molecule has 1 aliphatic rings. The number of aliphatic imine (C=N–C) groups is 1. The second-order valence-electron chi connectivity index (χ2n) is 7.29. The standard InChI is InChI=1S/C21H37N5.HI/c1-6-25(7-2)20-13-14-26(17-20)21(22-4)23-15-18(3)24(5)16-19-11-9-8-10-12-19;/h8-12,18,20H,6-7,13-17H2,1-5H3,(H,22,23);1H. The zero-order chi connectivity index (χ0) is 18.9. The molecule has 2 atom stereocenters. The molecule has 1 aromatic carbocycles. The molecule has 1 aromatic rings. The van der Waals surface area contributed by atoms with Crippen molar-refractivity contribution in [2.45, 2.75) is 45.8 Å². The van der Waals surface area contributed by atoms with Gasteiger partial charge in [-0.2, -0.15) is 0 Å². The van der Waals surface area contributed by atoms with Gasteiger partial charge in [0.1, 0.15) is 0 Å².